The van der Waals surface area contributed by atoms with Gasteiger partial charge in [0.2, 0.25) is 5.75 Å². The molecule has 3 rings (SSSR count). The topological polar surface area (TPSA) is 30.9 Å². The molecule has 1 aromatic rings. The van der Waals surface area contributed by atoms with Gasteiger partial charge in [0.1, 0.15) is 19.8 Å². The molecule has 4 heteroatoms. The smallest absolute Gasteiger partial charge is 0.203 e. The first-order valence-electron chi connectivity index (χ1n) is 7.17. The number of fused-ring (bicyclic) bond motifs is 1. The second kappa shape index (κ2) is 6.15. The molecule has 0 amide bonds. The standard InChI is InChI=1S/C15H21NO3/c1-2-7-16(8-3-1)9-10-17-13-5-4-6-14-15(13)19-12-11-18-14/h4-6H,1-3,7-12H2. The zero-order chi connectivity index (χ0) is 12.9. The number of ether oxygens (including phenoxy) is 3. The molecule has 1 saturated heterocycles. The summed E-state index contributed by atoms with van der Waals surface area (Å²) in [5.74, 6) is 2.35. The van der Waals surface area contributed by atoms with Crippen LogP contribution in [-0.4, -0.2) is 44.4 Å². The van der Waals surface area contributed by atoms with Crippen LogP contribution in [0.5, 0.6) is 17.2 Å². The molecule has 1 aromatic carbocycles. The monoisotopic (exact) mass is 263 g/mol. The lowest BCUT2D eigenvalue weighted by Crippen LogP contribution is -2.33. The van der Waals surface area contributed by atoms with Gasteiger partial charge in [-0.2, -0.15) is 0 Å². The van der Waals surface area contributed by atoms with E-state index in [1.807, 2.05) is 18.2 Å². The summed E-state index contributed by atoms with van der Waals surface area (Å²) in [6, 6.07) is 5.82. The summed E-state index contributed by atoms with van der Waals surface area (Å²) < 4.78 is 17.0. The van der Waals surface area contributed by atoms with Crippen LogP contribution in [0, 0.1) is 0 Å². The zero-order valence-electron chi connectivity index (χ0n) is 11.3. The van der Waals surface area contributed by atoms with Gasteiger partial charge in [0, 0.05) is 6.54 Å². The summed E-state index contributed by atoms with van der Waals surface area (Å²) in [6.45, 7) is 5.32. The van der Waals surface area contributed by atoms with Crippen molar-refractivity contribution in [2.75, 3.05) is 39.5 Å². The van der Waals surface area contributed by atoms with E-state index in [9.17, 15) is 0 Å². The number of para-hydroxylation sites is 1. The van der Waals surface area contributed by atoms with Crippen LogP contribution in [0.4, 0.5) is 0 Å². The van der Waals surface area contributed by atoms with Crippen LogP contribution in [0.2, 0.25) is 0 Å². The first-order valence-corrected chi connectivity index (χ1v) is 7.17. The molecule has 0 radical (unpaired) electrons. The number of nitrogens with zero attached hydrogens (tertiary/aromatic N) is 1. The molecular weight excluding hydrogens is 242 g/mol. The molecule has 4 nitrogen and oxygen atoms in total. The van der Waals surface area contributed by atoms with Crippen molar-refractivity contribution in [2.24, 2.45) is 0 Å². The quantitative estimate of drug-likeness (QED) is 0.834. The van der Waals surface area contributed by atoms with Crippen molar-refractivity contribution in [3.8, 4) is 17.2 Å². The molecular formula is C15H21NO3. The number of piperidine rings is 1. The fraction of sp³-hybridized carbons (Fsp3) is 0.600. The summed E-state index contributed by atoms with van der Waals surface area (Å²) in [5, 5.41) is 0. The average Bonchev–Trinajstić information content (AvgIpc) is 2.49. The number of hydrogen-bond donors (Lipinski definition) is 0. The highest BCUT2D eigenvalue weighted by Crippen LogP contribution is 2.38. The zero-order valence-corrected chi connectivity index (χ0v) is 11.3. The predicted octanol–water partition coefficient (Wildman–Crippen LogP) is 2.32. The molecule has 0 atom stereocenters. The van der Waals surface area contributed by atoms with E-state index in [-0.39, 0.29) is 0 Å². The Balaban J connectivity index is 1.54. The van der Waals surface area contributed by atoms with Gasteiger partial charge in [-0.15, -0.1) is 0 Å². The maximum Gasteiger partial charge on any atom is 0.203 e. The number of hydrogen-bond acceptors (Lipinski definition) is 4. The Morgan fingerprint density at radius 2 is 1.89 bits per heavy atom. The summed E-state index contributed by atoms with van der Waals surface area (Å²) in [4.78, 5) is 2.47. The molecule has 0 saturated carbocycles. The van der Waals surface area contributed by atoms with Gasteiger partial charge in [-0.3, -0.25) is 4.90 Å². The fourth-order valence-corrected chi connectivity index (χ4v) is 2.63. The number of likely N-dealkylation sites (tertiary alicyclic amines) is 1. The predicted molar refractivity (Wildman–Crippen MR) is 73.2 cm³/mol. The average molecular weight is 263 g/mol. The van der Waals surface area contributed by atoms with Crippen molar-refractivity contribution in [1.82, 2.24) is 4.90 Å². The minimum atomic E-state index is 0.597. The Kier molecular flexibility index (Phi) is 4.08. The van der Waals surface area contributed by atoms with Crippen molar-refractivity contribution in [2.45, 2.75) is 19.3 Å². The van der Waals surface area contributed by atoms with Crippen LogP contribution in [0.15, 0.2) is 18.2 Å². The third-order valence-electron chi connectivity index (χ3n) is 3.64. The summed E-state index contributed by atoms with van der Waals surface area (Å²) in [6.07, 6.45) is 4.00. The third kappa shape index (κ3) is 3.13. The molecule has 0 spiro atoms. The van der Waals surface area contributed by atoms with E-state index in [0.717, 1.165) is 23.8 Å². The van der Waals surface area contributed by atoms with Gasteiger partial charge in [0.15, 0.2) is 11.5 Å². The summed E-state index contributed by atoms with van der Waals surface area (Å²) >= 11 is 0. The Morgan fingerprint density at radius 1 is 1.05 bits per heavy atom. The van der Waals surface area contributed by atoms with Crippen LogP contribution in [-0.2, 0) is 0 Å². The molecule has 0 bridgehead atoms. The van der Waals surface area contributed by atoms with E-state index >= 15 is 0 Å². The van der Waals surface area contributed by atoms with E-state index in [4.69, 9.17) is 14.2 Å². The Bertz CT molecular complexity index is 416. The van der Waals surface area contributed by atoms with Crippen molar-refractivity contribution in [3.05, 3.63) is 18.2 Å². The minimum Gasteiger partial charge on any atom is -0.488 e. The SMILES string of the molecule is c1cc2c(c(OCCN3CCCCC3)c1)OCCO2. The highest BCUT2D eigenvalue weighted by atomic mass is 16.6. The van der Waals surface area contributed by atoms with Crippen molar-refractivity contribution in [3.63, 3.8) is 0 Å². The molecule has 0 unspecified atom stereocenters. The first kappa shape index (κ1) is 12.6. The Morgan fingerprint density at radius 3 is 2.79 bits per heavy atom. The van der Waals surface area contributed by atoms with Gasteiger partial charge in [-0.1, -0.05) is 12.5 Å². The van der Waals surface area contributed by atoms with Gasteiger partial charge in [0.05, 0.1) is 0 Å². The van der Waals surface area contributed by atoms with E-state index < -0.39 is 0 Å². The normalized spacial score (nSPS) is 19.2. The van der Waals surface area contributed by atoms with E-state index in [1.165, 1.54) is 32.4 Å². The van der Waals surface area contributed by atoms with Gasteiger partial charge in [-0.05, 0) is 38.1 Å². The van der Waals surface area contributed by atoms with Gasteiger partial charge in [0.25, 0.3) is 0 Å². The van der Waals surface area contributed by atoms with Gasteiger partial charge in [-0.25, -0.2) is 0 Å². The highest BCUT2D eigenvalue weighted by Gasteiger charge is 2.17. The molecule has 0 N–H and O–H groups in total. The van der Waals surface area contributed by atoms with Gasteiger partial charge < -0.3 is 14.2 Å². The van der Waals surface area contributed by atoms with Crippen molar-refractivity contribution >= 4 is 0 Å². The summed E-state index contributed by atoms with van der Waals surface area (Å²) in [5.41, 5.74) is 0. The molecule has 2 heterocycles. The molecule has 104 valence electrons. The van der Waals surface area contributed by atoms with E-state index in [1.54, 1.807) is 0 Å². The number of rotatable bonds is 4. The van der Waals surface area contributed by atoms with Crippen LogP contribution < -0.4 is 14.2 Å². The lowest BCUT2D eigenvalue weighted by atomic mass is 10.1. The van der Waals surface area contributed by atoms with Gasteiger partial charge >= 0.3 is 0 Å². The molecule has 0 aliphatic carbocycles. The van der Waals surface area contributed by atoms with Crippen molar-refractivity contribution < 1.29 is 14.2 Å². The van der Waals surface area contributed by atoms with Crippen LogP contribution in [0.25, 0.3) is 0 Å². The number of benzene rings is 1. The Hall–Kier alpha value is -1.42. The van der Waals surface area contributed by atoms with E-state index in [2.05, 4.69) is 4.90 Å². The second-order valence-corrected chi connectivity index (χ2v) is 5.03. The van der Waals surface area contributed by atoms with Crippen LogP contribution in [0.3, 0.4) is 0 Å². The largest absolute Gasteiger partial charge is 0.488 e. The third-order valence-corrected chi connectivity index (χ3v) is 3.64. The maximum atomic E-state index is 5.86. The van der Waals surface area contributed by atoms with E-state index in [0.29, 0.717) is 19.8 Å². The fourth-order valence-electron chi connectivity index (χ4n) is 2.63. The lowest BCUT2D eigenvalue weighted by Gasteiger charge is -2.26. The Labute approximate surface area is 114 Å². The first-order chi connectivity index (χ1) is 9.43. The second-order valence-electron chi connectivity index (χ2n) is 5.03. The molecule has 0 aromatic heterocycles. The maximum absolute atomic E-state index is 5.86. The molecule has 2 aliphatic heterocycles. The molecule has 19 heavy (non-hydrogen) atoms. The van der Waals surface area contributed by atoms with Crippen molar-refractivity contribution in [1.29, 1.82) is 0 Å². The molecule has 2 aliphatic rings. The van der Waals surface area contributed by atoms with Crippen LogP contribution in [0.1, 0.15) is 19.3 Å². The highest BCUT2D eigenvalue weighted by molar-refractivity contribution is 5.51. The minimum absolute atomic E-state index is 0.597. The lowest BCUT2D eigenvalue weighted by molar-refractivity contribution is 0.152. The summed E-state index contributed by atoms with van der Waals surface area (Å²) in [7, 11) is 0. The van der Waals surface area contributed by atoms with Crippen LogP contribution >= 0.6 is 0 Å². The molecule has 1 fully saturated rings.